The average Bonchev–Trinajstić information content (AvgIpc) is 2.89. The van der Waals surface area contributed by atoms with Crippen molar-refractivity contribution < 1.29 is 0 Å². The van der Waals surface area contributed by atoms with E-state index in [4.69, 9.17) is 34.8 Å². The first kappa shape index (κ1) is 15.1. The smallest absolute Gasteiger partial charge is 0.0781 e. The fraction of sp³-hybridized carbons (Fsp3) is 0.286. The summed E-state index contributed by atoms with van der Waals surface area (Å²) in [5, 5.41) is 7.00. The minimum Gasteiger partial charge on any atom is -0.303 e. The fourth-order valence-electron chi connectivity index (χ4n) is 1.96. The third kappa shape index (κ3) is 3.45. The van der Waals surface area contributed by atoms with E-state index in [1.54, 1.807) is 17.4 Å². The number of thiophene rings is 1. The van der Waals surface area contributed by atoms with Crippen LogP contribution in [0.5, 0.6) is 0 Å². The number of benzene rings is 1. The Bertz CT molecular complexity index is 554. The van der Waals surface area contributed by atoms with Gasteiger partial charge in [0.25, 0.3) is 0 Å². The Balaban J connectivity index is 2.16. The second-order valence-corrected chi connectivity index (χ2v) is 6.53. The Hall–Kier alpha value is -0.250. The Morgan fingerprint density at radius 3 is 2.37 bits per heavy atom. The van der Waals surface area contributed by atoms with Crippen LogP contribution >= 0.6 is 46.1 Å². The molecule has 1 aromatic heterocycles. The maximum absolute atomic E-state index is 6.25. The Kier molecular flexibility index (Phi) is 5.15. The first-order valence-corrected chi connectivity index (χ1v) is 7.95. The summed E-state index contributed by atoms with van der Waals surface area (Å²) in [6, 6.07) is 8.22. The Morgan fingerprint density at radius 2 is 1.74 bits per heavy atom. The van der Waals surface area contributed by atoms with E-state index in [1.165, 1.54) is 4.88 Å². The van der Waals surface area contributed by atoms with Gasteiger partial charge in [-0.25, -0.2) is 0 Å². The van der Waals surface area contributed by atoms with Crippen molar-refractivity contribution in [3.63, 3.8) is 0 Å². The van der Waals surface area contributed by atoms with Gasteiger partial charge in [0.05, 0.1) is 15.1 Å². The van der Waals surface area contributed by atoms with E-state index in [1.807, 2.05) is 6.07 Å². The molecule has 0 saturated carbocycles. The minimum atomic E-state index is 0.0966. The van der Waals surface area contributed by atoms with E-state index in [-0.39, 0.29) is 12.1 Å². The van der Waals surface area contributed by atoms with Crippen LogP contribution in [0.3, 0.4) is 0 Å². The van der Waals surface area contributed by atoms with Crippen molar-refractivity contribution >= 4 is 46.1 Å². The molecule has 0 spiro atoms. The molecule has 1 nitrogen and oxygen atoms in total. The van der Waals surface area contributed by atoms with Gasteiger partial charge in [-0.1, -0.05) is 46.9 Å². The van der Waals surface area contributed by atoms with Crippen LogP contribution in [0.4, 0.5) is 0 Å². The summed E-state index contributed by atoms with van der Waals surface area (Å²) < 4.78 is 0. The van der Waals surface area contributed by atoms with E-state index in [0.29, 0.717) is 15.1 Å². The molecule has 2 rings (SSSR count). The van der Waals surface area contributed by atoms with Gasteiger partial charge in [0.2, 0.25) is 0 Å². The minimum absolute atomic E-state index is 0.0966. The molecule has 1 N–H and O–H groups in total. The van der Waals surface area contributed by atoms with E-state index >= 15 is 0 Å². The van der Waals surface area contributed by atoms with Gasteiger partial charge >= 0.3 is 0 Å². The molecule has 1 aromatic carbocycles. The molecule has 0 aliphatic heterocycles. The average molecular weight is 335 g/mol. The van der Waals surface area contributed by atoms with Crippen LogP contribution in [0, 0.1) is 0 Å². The largest absolute Gasteiger partial charge is 0.303 e. The summed E-state index contributed by atoms with van der Waals surface area (Å²) in [4.78, 5) is 1.29. The maximum atomic E-state index is 6.25. The summed E-state index contributed by atoms with van der Waals surface area (Å²) in [5.74, 6) is 0. The zero-order chi connectivity index (χ0) is 14.0. The van der Waals surface area contributed by atoms with Gasteiger partial charge in [-0.2, -0.15) is 0 Å². The molecule has 2 aromatic rings. The van der Waals surface area contributed by atoms with Crippen LogP contribution in [0.1, 0.15) is 36.4 Å². The second kappa shape index (κ2) is 6.47. The third-order valence-electron chi connectivity index (χ3n) is 3.00. The molecule has 5 heteroatoms. The molecule has 0 saturated heterocycles. The molecule has 0 amide bonds. The van der Waals surface area contributed by atoms with Crippen LogP contribution in [0.15, 0.2) is 29.6 Å². The van der Waals surface area contributed by atoms with Gasteiger partial charge in [-0.3, -0.25) is 0 Å². The second-order valence-electron chi connectivity index (χ2n) is 4.39. The predicted molar refractivity (Wildman–Crippen MR) is 85.8 cm³/mol. The lowest BCUT2D eigenvalue weighted by molar-refractivity contribution is 0.500. The van der Waals surface area contributed by atoms with Gasteiger partial charge in [0.1, 0.15) is 0 Å². The maximum Gasteiger partial charge on any atom is 0.0781 e. The molecule has 0 radical (unpaired) electrons. The lowest BCUT2D eigenvalue weighted by Crippen LogP contribution is -2.22. The van der Waals surface area contributed by atoms with Gasteiger partial charge in [-0.05, 0) is 36.9 Å². The first-order chi connectivity index (χ1) is 9.00. The van der Waals surface area contributed by atoms with Crippen LogP contribution < -0.4 is 5.32 Å². The monoisotopic (exact) mass is 333 g/mol. The quantitative estimate of drug-likeness (QED) is 0.664. The van der Waals surface area contributed by atoms with Crippen molar-refractivity contribution in [3.05, 3.63) is 55.2 Å². The molecule has 0 aliphatic carbocycles. The molecular formula is C14H14Cl3NS. The highest BCUT2D eigenvalue weighted by atomic mass is 35.5. The number of halogens is 3. The molecule has 0 bridgehead atoms. The van der Waals surface area contributed by atoms with Crippen molar-refractivity contribution in [3.8, 4) is 0 Å². The molecule has 0 aliphatic rings. The number of nitrogens with one attached hydrogen (secondary N) is 1. The lowest BCUT2D eigenvalue weighted by atomic mass is 10.1. The molecular weight excluding hydrogens is 321 g/mol. The van der Waals surface area contributed by atoms with Crippen molar-refractivity contribution in [2.75, 3.05) is 0 Å². The van der Waals surface area contributed by atoms with Crippen LogP contribution in [0.25, 0.3) is 0 Å². The van der Waals surface area contributed by atoms with Gasteiger partial charge in [0.15, 0.2) is 0 Å². The highest BCUT2D eigenvalue weighted by molar-refractivity contribution is 7.10. The first-order valence-electron chi connectivity index (χ1n) is 5.93. The highest BCUT2D eigenvalue weighted by Gasteiger charge is 2.17. The molecule has 19 heavy (non-hydrogen) atoms. The summed E-state index contributed by atoms with van der Waals surface area (Å²) in [6.45, 7) is 4.20. The molecule has 1 unspecified atom stereocenters. The summed E-state index contributed by atoms with van der Waals surface area (Å²) in [7, 11) is 0. The van der Waals surface area contributed by atoms with Crippen molar-refractivity contribution in [1.82, 2.24) is 5.32 Å². The predicted octanol–water partition coefficient (Wildman–Crippen LogP) is 6.12. The van der Waals surface area contributed by atoms with Crippen LogP contribution in [-0.4, -0.2) is 0 Å². The molecule has 0 fully saturated rings. The Labute approximate surface area is 132 Å². The zero-order valence-electron chi connectivity index (χ0n) is 10.6. The molecule has 102 valence electrons. The molecule has 2 atom stereocenters. The number of hydrogen-bond acceptors (Lipinski definition) is 2. The van der Waals surface area contributed by atoms with Crippen LogP contribution in [0.2, 0.25) is 15.1 Å². The van der Waals surface area contributed by atoms with E-state index < -0.39 is 0 Å². The SMILES string of the molecule is CC(N[C@@H](C)c1cccs1)c1ccc(Cl)c(Cl)c1Cl. The standard InChI is InChI=1S/C14H14Cl3NS/c1-8(18-9(2)12-4-3-7-19-12)10-5-6-11(15)14(17)13(10)16/h3-9,18H,1-2H3/t8?,9-/m0/s1. The van der Waals surface area contributed by atoms with Crippen LogP contribution in [-0.2, 0) is 0 Å². The summed E-state index contributed by atoms with van der Waals surface area (Å²) in [5.41, 5.74) is 0.958. The van der Waals surface area contributed by atoms with E-state index in [9.17, 15) is 0 Å². The summed E-state index contributed by atoms with van der Waals surface area (Å²) >= 11 is 20.0. The van der Waals surface area contributed by atoms with Crippen molar-refractivity contribution in [1.29, 1.82) is 0 Å². The fourth-order valence-corrected chi connectivity index (χ4v) is 3.41. The van der Waals surface area contributed by atoms with E-state index in [0.717, 1.165) is 5.56 Å². The van der Waals surface area contributed by atoms with Crippen molar-refractivity contribution in [2.45, 2.75) is 25.9 Å². The van der Waals surface area contributed by atoms with Crippen molar-refractivity contribution in [2.24, 2.45) is 0 Å². The molecule has 1 heterocycles. The van der Waals surface area contributed by atoms with Gasteiger partial charge in [0, 0.05) is 17.0 Å². The normalized spacial score (nSPS) is 14.4. The number of rotatable bonds is 4. The number of hydrogen-bond donors (Lipinski definition) is 1. The topological polar surface area (TPSA) is 12.0 Å². The third-order valence-corrected chi connectivity index (χ3v) is 5.36. The van der Waals surface area contributed by atoms with Gasteiger partial charge in [-0.15, -0.1) is 11.3 Å². The lowest BCUT2D eigenvalue weighted by Gasteiger charge is -2.21. The van der Waals surface area contributed by atoms with Gasteiger partial charge < -0.3 is 5.32 Å². The van der Waals surface area contributed by atoms with E-state index in [2.05, 4.69) is 36.7 Å². The zero-order valence-corrected chi connectivity index (χ0v) is 13.7. The Morgan fingerprint density at radius 1 is 1.00 bits per heavy atom. The summed E-state index contributed by atoms with van der Waals surface area (Å²) in [6.07, 6.45) is 0. The highest BCUT2D eigenvalue weighted by Crippen LogP contribution is 2.36.